The van der Waals surface area contributed by atoms with Gasteiger partial charge in [-0.3, -0.25) is 0 Å². The zero-order chi connectivity index (χ0) is 15.0. The van der Waals surface area contributed by atoms with Gasteiger partial charge in [-0.15, -0.1) is 11.3 Å². The zero-order valence-electron chi connectivity index (χ0n) is 11.7. The number of anilines is 2. The van der Waals surface area contributed by atoms with Crippen molar-refractivity contribution in [2.45, 2.75) is 37.5 Å². The fourth-order valence-electron chi connectivity index (χ4n) is 2.60. The van der Waals surface area contributed by atoms with Crippen LogP contribution in [0.3, 0.4) is 0 Å². The average molecular weight is 313 g/mol. The predicted molar refractivity (Wildman–Crippen MR) is 81.6 cm³/mol. The highest BCUT2D eigenvalue weighted by Crippen LogP contribution is 2.45. The number of nitrogens with one attached hydrogen (secondary N) is 1. The van der Waals surface area contributed by atoms with Gasteiger partial charge in [0.1, 0.15) is 20.8 Å². The SMILES string of the molecule is CCC1(CNc2sc(C#N)c(N)c2S(C)(=O)=O)CCC1. The van der Waals surface area contributed by atoms with E-state index in [-0.39, 0.29) is 20.9 Å². The van der Waals surface area contributed by atoms with E-state index in [1.165, 1.54) is 6.42 Å². The lowest BCUT2D eigenvalue weighted by Crippen LogP contribution is -2.35. The third-order valence-corrected chi connectivity index (χ3v) is 6.52. The van der Waals surface area contributed by atoms with E-state index in [1.54, 1.807) is 0 Å². The maximum absolute atomic E-state index is 11.9. The van der Waals surface area contributed by atoms with E-state index in [1.807, 2.05) is 6.07 Å². The summed E-state index contributed by atoms with van der Waals surface area (Å²) in [6, 6.07) is 1.96. The van der Waals surface area contributed by atoms with Gasteiger partial charge in [-0.1, -0.05) is 13.3 Å². The Morgan fingerprint density at radius 1 is 1.50 bits per heavy atom. The lowest BCUT2D eigenvalue weighted by molar-refractivity contribution is 0.145. The van der Waals surface area contributed by atoms with Crippen LogP contribution in [0.5, 0.6) is 0 Å². The van der Waals surface area contributed by atoms with Gasteiger partial charge in [0.05, 0.1) is 5.69 Å². The van der Waals surface area contributed by atoms with Crippen molar-refractivity contribution in [2.75, 3.05) is 23.9 Å². The first-order valence-corrected chi connectivity index (χ1v) is 9.30. The lowest BCUT2D eigenvalue weighted by atomic mass is 9.67. The maximum Gasteiger partial charge on any atom is 0.180 e. The van der Waals surface area contributed by atoms with Crippen LogP contribution >= 0.6 is 11.3 Å². The third-order valence-electron chi connectivity index (χ3n) is 4.16. The Labute approximate surface area is 123 Å². The Bertz CT molecular complexity index is 646. The van der Waals surface area contributed by atoms with Crippen LogP contribution in [0.4, 0.5) is 10.7 Å². The lowest BCUT2D eigenvalue weighted by Gasteiger charge is -2.41. The summed E-state index contributed by atoms with van der Waals surface area (Å²) in [5.41, 5.74) is 6.12. The van der Waals surface area contributed by atoms with Gasteiger partial charge in [0, 0.05) is 12.8 Å². The van der Waals surface area contributed by atoms with E-state index < -0.39 is 9.84 Å². The minimum Gasteiger partial charge on any atom is -0.396 e. The molecule has 0 aliphatic heterocycles. The number of hydrogen-bond acceptors (Lipinski definition) is 6. The van der Waals surface area contributed by atoms with Crippen LogP contribution in [-0.4, -0.2) is 21.2 Å². The molecule has 1 aliphatic carbocycles. The van der Waals surface area contributed by atoms with Crippen molar-refractivity contribution in [2.24, 2.45) is 5.41 Å². The second-order valence-corrected chi connectivity index (χ2v) is 8.42. The van der Waals surface area contributed by atoms with E-state index in [0.29, 0.717) is 5.00 Å². The smallest absolute Gasteiger partial charge is 0.180 e. The van der Waals surface area contributed by atoms with E-state index >= 15 is 0 Å². The van der Waals surface area contributed by atoms with Crippen molar-refractivity contribution >= 4 is 31.9 Å². The van der Waals surface area contributed by atoms with Crippen molar-refractivity contribution in [1.29, 1.82) is 5.26 Å². The molecule has 0 atom stereocenters. The molecule has 0 amide bonds. The van der Waals surface area contributed by atoms with Crippen molar-refractivity contribution < 1.29 is 8.42 Å². The Balaban J connectivity index is 2.30. The molecule has 0 unspecified atom stereocenters. The summed E-state index contributed by atoms with van der Waals surface area (Å²) in [4.78, 5) is 0.330. The average Bonchev–Trinajstić information content (AvgIpc) is 2.64. The number of hydrogen-bond donors (Lipinski definition) is 2. The molecule has 1 aliphatic rings. The van der Waals surface area contributed by atoms with Gasteiger partial charge in [0.2, 0.25) is 0 Å². The molecule has 20 heavy (non-hydrogen) atoms. The summed E-state index contributed by atoms with van der Waals surface area (Å²) >= 11 is 1.12. The number of nitrogens with two attached hydrogens (primary N) is 1. The zero-order valence-corrected chi connectivity index (χ0v) is 13.3. The Morgan fingerprint density at radius 3 is 2.55 bits per heavy atom. The quantitative estimate of drug-likeness (QED) is 0.871. The van der Waals surface area contributed by atoms with Crippen LogP contribution in [-0.2, 0) is 9.84 Å². The number of rotatable bonds is 5. The largest absolute Gasteiger partial charge is 0.396 e. The van der Waals surface area contributed by atoms with Gasteiger partial charge in [0.25, 0.3) is 0 Å². The molecular formula is C13H19N3O2S2. The molecule has 0 bridgehead atoms. The number of thiophene rings is 1. The molecule has 1 fully saturated rings. The van der Waals surface area contributed by atoms with Crippen LogP contribution in [0.1, 0.15) is 37.5 Å². The number of nitrogen functional groups attached to an aromatic ring is 1. The van der Waals surface area contributed by atoms with Gasteiger partial charge in [0.15, 0.2) is 9.84 Å². The molecule has 1 saturated carbocycles. The highest BCUT2D eigenvalue weighted by atomic mass is 32.2. The number of sulfone groups is 1. The molecule has 5 nitrogen and oxygen atoms in total. The molecule has 0 saturated heterocycles. The van der Waals surface area contributed by atoms with Crippen LogP contribution in [0, 0.1) is 16.7 Å². The summed E-state index contributed by atoms with van der Waals surface area (Å²) in [7, 11) is -3.44. The van der Waals surface area contributed by atoms with Crippen LogP contribution in [0.25, 0.3) is 0 Å². The van der Waals surface area contributed by atoms with Gasteiger partial charge < -0.3 is 11.1 Å². The van der Waals surface area contributed by atoms with Crippen molar-refractivity contribution in [3.8, 4) is 6.07 Å². The number of nitrogens with zero attached hydrogens (tertiary/aromatic N) is 1. The monoisotopic (exact) mass is 313 g/mol. The van der Waals surface area contributed by atoms with Gasteiger partial charge >= 0.3 is 0 Å². The highest BCUT2D eigenvalue weighted by molar-refractivity contribution is 7.91. The van der Waals surface area contributed by atoms with E-state index in [4.69, 9.17) is 11.0 Å². The highest BCUT2D eigenvalue weighted by Gasteiger charge is 2.35. The molecule has 0 radical (unpaired) electrons. The Morgan fingerprint density at radius 2 is 2.15 bits per heavy atom. The maximum atomic E-state index is 11.9. The Hall–Kier alpha value is -1.26. The normalized spacial score (nSPS) is 17.2. The van der Waals surface area contributed by atoms with E-state index in [9.17, 15) is 8.42 Å². The Kier molecular flexibility index (Phi) is 3.98. The fourth-order valence-corrected chi connectivity index (χ4v) is 4.96. The summed E-state index contributed by atoms with van der Waals surface area (Å²) < 4.78 is 23.7. The summed E-state index contributed by atoms with van der Waals surface area (Å²) in [5, 5.41) is 12.7. The van der Waals surface area contributed by atoms with Gasteiger partial charge in [-0.2, -0.15) is 5.26 Å². The van der Waals surface area contributed by atoms with E-state index in [2.05, 4.69) is 12.2 Å². The first kappa shape index (κ1) is 15.1. The molecule has 0 spiro atoms. The first-order valence-electron chi connectivity index (χ1n) is 6.59. The molecule has 1 heterocycles. The second kappa shape index (κ2) is 5.26. The summed E-state index contributed by atoms with van der Waals surface area (Å²) in [6.45, 7) is 2.89. The van der Waals surface area contributed by atoms with Crippen molar-refractivity contribution in [3.63, 3.8) is 0 Å². The van der Waals surface area contributed by atoms with Crippen LogP contribution < -0.4 is 11.1 Å². The first-order chi connectivity index (χ1) is 9.33. The van der Waals surface area contributed by atoms with Crippen molar-refractivity contribution in [3.05, 3.63) is 4.88 Å². The molecule has 0 aromatic carbocycles. The standard InChI is InChI=1S/C13H19N3O2S2/c1-3-13(5-4-6-13)8-16-12-11(20(2,17)18)10(15)9(7-14)19-12/h16H,3-6,8,15H2,1-2H3. The predicted octanol–water partition coefficient (Wildman–Crippen LogP) is 2.60. The minimum atomic E-state index is -3.44. The van der Waals surface area contributed by atoms with E-state index in [0.717, 1.165) is 43.4 Å². The van der Waals surface area contributed by atoms with Crippen LogP contribution in [0.15, 0.2) is 4.90 Å². The van der Waals surface area contributed by atoms with Crippen LogP contribution in [0.2, 0.25) is 0 Å². The minimum absolute atomic E-state index is 0.0710. The van der Waals surface area contributed by atoms with Gasteiger partial charge in [-0.25, -0.2) is 8.42 Å². The molecule has 1 aromatic heterocycles. The van der Waals surface area contributed by atoms with Crippen molar-refractivity contribution in [1.82, 2.24) is 0 Å². The molecule has 2 rings (SSSR count). The van der Waals surface area contributed by atoms with Gasteiger partial charge in [-0.05, 0) is 24.7 Å². The topological polar surface area (TPSA) is 96.0 Å². The third kappa shape index (κ3) is 2.63. The summed E-state index contributed by atoms with van der Waals surface area (Å²) in [5.74, 6) is 0. The second-order valence-electron chi connectivity index (χ2n) is 5.45. The number of nitriles is 1. The fraction of sp³-hybridized carbons (Fsp3) is 0.615. The molecular weight excluding hydrogens is 294 g/mol. The molecule has 3 N–H and O–H groups in total. The molecule has 110 valence electrons. The molecule has 1 aromatic rings. The molecule has 7 heteroatoms. The summed E-state index contributed by atoms with van der Waals surface area (Å²) in [6.07, 6.45) is 5.74.